The van der Waals surface area contributed by atoms with Crippen molar-refractivity contribution < 1.29 is 0 Å². The summed E-state index contributed by atoms with van der Waals surface area (Å²) in [4.78, 5) is 0. The lowest BCUT2D eigenvalue weighted by Gasteiger charge is -2.19. The Bertz CT molecular complexity index is 2440. The summed E-state index contributed by atoms with van der Waals surface area (Å²) in [6, 6.07) is 58.0. The van der Waals surface area contributed by atoms with Gasteiger partial charge >= 0.3 is 0 Å². The Labute approximate surface area is 254 Å². The Kier molecular flexibility index (Phi) is 5.47. The van der Waals surface area contributed by atoms with E-state index in [2.05, 4.69) is 158 Å². The molecule has 0 aliphatic heterocycles. The highest BCUT2D eigenvalue weighted by atomic mass is 32.1. The lowest BCUT2D eigenvalue weighted by atomic mass is 9.84. The number of hydrogen-bond donors (Lipinski definition) is 0. The highest BCUT2D eigenvalue weighted by molar-refractivity contribution is 7.25. The first-order valence-corrected chi connectivity index (χ1v) is 15.6. The minimum absolute atomic E-state index is 1.25. The van der Waals surface area contributed by atoms with Crippen LogP contribution in [-0.2, 0) is 0 Å². The normalized spacial score (nSPS) is 11.7. The van der Waals surface area contributed by atoms with Crippen molar-refractivity contribution in [2.75, 3.05) is 0 Å². The summed E-state index contributed by atoms with van der Waals surface area (Å²) in [5, 5.41) is 10.3. The summed E-state index contributed by atoms with van der Waals surface area (Å²) in [6.45, 7) is 0. The zero-order valence-electron chi connectivity index (χ0n) is 23.4. The van der Waals surface area contributed by atoms with Crippen molar-refractivity contribution in [3.63, 3.8) is 0 Å². The topological polar surface area (TPSA) is 0 Å². The first-order valence-electron chi connectivity index (χ1n) is 14.8. The molecule has 0 saturated heterocycles. The molecule has 0 atom stereocenters. The SMILES string of the molecule is c1ccc(-c2c3ccccc3c(-c3cc(-c4ccc5sc6ccccc6c5c4)c4ccccc4c3)c3ccccc23)cc1. The van der Waals surface area contributed by atoms with Gasteiger partial charge in [0.1, 0.15) is 0 Å². The van der Waals surface area contributed by atoms with Crippen LogP contribution < -0.4 is 0 Å². The largest absolute Gasteiger partial charge is 0.135 e. The molecular weight excluding hydrogens is 537 g/mol. The molecule has 0 fully saturated rings. The number of fused-ring (bicyclic) bond motifs is 6. The molecule has 0 spiro atoms. The number of benzene rings is 8. The van der Waals surface area contributed by atoms with Crippen molar-refractivity contribution >= 4 is 63.8 Å². The van der Waals surface area contributed by atoms with E-state index in [0.717, 1.165) is 0 Å². The lowest BCUT2D eigenvalue weighted by molar-refractivity contribution is 1.65. The Balaban J connectivity index is 1.38. The van der Waals surface area contributed by atoms with Gasteiger partial charge in [-0.3, -0.25) is 0 Å². The van der Waals surface area contributed by atoms with Crippen LogP contribution in [0.3, 0.4) is 0 Å². The van der Waals surface area contributed by atoms with Crippen LogP contribution in [0.25, 0.3) is 85.9 Å². The lowest BCUT2D eigenvalue weighted by Crippen LogP contribution is -1.92. The summed E-state index contributed by atoms with van der Waals surface area (Å²) >= 11 is 1.87. The van der Waals surface area contributed by atoms with E-state index in [4.69, 9.17) is 0 Å². The quantitative estimate of drug-likeness (QED) is 0.188. The maximum Gasteiger partial charge on any atom is 0.0355 e. The van der Waals surface area contributed by atoms with Crippen LogP contribution in [0.4, 0.5) is 0 Å². The average molecular weight is 563 g/mol. The smallest absolute Gasteiger partial charge is 0.0355 e. The van der Waals surface area contributed by atoms with Gasteiger partial charge in [-0.05, 0) is 96.0 Å². The molecule has 0 aliphatic carbocycles. The standard InChI is InChI=1S/C42H26S/c1-2-12-27(13-3-1)41-33-17-6-8-19-35(33)42(36-20-9-7-18-34(36)41)30-24-28-14-4-5-15-31(28)37(26-30)29-22-23-40-38(25-29)32-16-10-11-21-39(32)43-40/h1-26H. The zero-order valence-corrected chi connectivity index (χ0v) is 24.2. The maximum atomic E-state index is 2.43. The molecule has 0 radical (unpaired) electrons. The first kappa shape index (κ1) is 24.4. The molecule has 0 bridgehead atoms. The minimum Gasteiger partial charge on any atom is -0.135 e. The third-order valence-corrected chi connectivity index (χ3v) is 9.98. The van der Waals surface area contributed by atoms with E-state index in [1.807, 2.05) is 11.3 Å². The van der Waals surface area contributed by atoms with Gasteiger partial charge in [0.05, 0.1) is 0 Å². The molecule has 1 aromatic heterocycles. The molecule has 43 heavy (non-hydrogen) atoms. The molecule has 1 heteroatoms. The molecule has 1 heterocycles. The van der Waals surface area contributed by atoms with Crippen molar-refractivity contribution in [1.29, 1.82) is 0 Å². The second-order valence-electron chi connectivity index (χ2n) is 11.3. The van der Waals surface area contributed by atoms with E-state index in [-0.39, 0.29) is 0 Å². The van der Waals surface area contributed by atoms with Crippen molar-refractivity contribution in [2.24, 2.45) is 0 Å². The van der Waals surface area contributed by atoms with Gasteiger partial charge in [-0.15, -0.1) is 11.3 Å². The van der Waals surface area contributed by atoms with Gasteiger partial charge in [0.25, 0.3) is 0 Å². The van der Waals surface area contributed by atoms with Gasteiger partial charge in [-0.2, -0.15) is 0 Å². The third-order valence-electron chi connectivity index (χ3n) is 8.83. The van der Waals surface area contributed by atoms with Gasteiger partial charge in [0.15, 0.2) is 0 Å². The van der Waals surface area contributed by atoms with Gasteiger partial charge in [-0.1, -0.05) is 127 Å². The summed E-state index contributed by atoms with van der Waals surface area (Å²) in [7, 11) is 0. The van der Waals surface area contributed by atoms with Crippen LogP contribution in [0.2, 0.25) is 0 Å². The van der Waals surface area contributed by atoms with Crippen LogP contribution in [0.5, 0.6) is 0 Å². The van der Waals surface area contributed by atoms with E-state index < -0.39 is 0 Å². The Hall–Kier alpha value is -5.24. The highest BCUT2D eigenvalue weighted by Gasteiger charge is 2.18. The molecule has 9 aromatic rings. The maximum absolute atomic E-state index is 2.43. The van der Waals surface area contributed by atoms with Crippen LogP contribution in [-0.4, -0.2) is 0 Å². The van der Waals surface area contributed by atoms with E-state index in [0.29, 0.717) is 0 Å². The van der Waals surface area contributed by atoms with Crippen LogP contribution in [0, 0.1) is 0 Å². The molecular formula is C42H26S. The van der Waals surface area contributed by atoms with E-state index in [1.54, 1.807) is 0 Å². The molecule has 0 unspecified atom stereocenters. The third kappa shape index (κ3) is 3.82. The van der Waals surface area contributed by atoms with Crippen molar-refractivity contribution in [1.82, 2.24) is 0 Å². The molecule has 0 saturated carbocycles. The molecule has 0 aliphatic rings. The summed E-state index contributed by atoms with van der Waals surface area (Å²) in [6.07, 6.45) is 0. The fourth-order valence-electron chi connectivity index (χ4n) is 6.94. The van der Waals surface area contributed by atoms with Crippen molar-refractivity contribution in [3.8, 4) is 33.4 Å². The molecule has 200 valence electrons. The van der Waals surface area contributed by atoms with Gasteiger partial charge in [-0.25, -0.2) is 0 Å². The Morgan fingerprint density at radius 2 is 0.837 bits per heavy atom. The predicted molar refractivity (Wildman–Crippen MR) is 188 cm³/mol. The van der Waals surface area contributed by atoms with Crippen LogP contribution in [0.15, 0.2) is 158 Å². The molecule has 0 N–H and O–H groups in total. The van der Waals surface area contributed by atoms with E-state index in [1.165, 1.54) is 85.9 Å². The van der Waals surface area contributed by atoms with Crippen LogP contribution >= 0.6 is 11.3 Å². The summed E-state index contributed by atoms with van der Waals surface area (Å²) in [5.41, 5.74) is 7.61. The van der Waals surface area contributed by atoms with Gasteiger partial charge < -0.3 is 0 Å². The van der Waals surface area contributed by atoms with Gasteiger partial charge in [0.2, 0.25) is 0 Å². The number of rotatable bonds is 3. The van der Waals surface area contributed by atoms with E-state index in [9.17, 15) is 0 Å². The number of thiophene rings is 1. The van der Waals surface area contributed by atoms with E-state index >= 15 is 0 Å². The average Bonchev–Trinajstić information content (AvgIpc) is 3.45. The monoisotopic (exact) mass is 562 g/mol. The fraction of sp³-hybridized carbons (Fsp3) is 0. The fourth-order valence-corrected chi connectivity index (χ4v) is 8.03. The van der Waals surface area contributed by atoms with Crippen LogP contribution in [0.1, 0.15) is 0 Å². The molecule has 0 nitrogen and oxygen atoms in total. The second kappa shape index (κ2) is 9.66. The van der Waals surface area contributed by atoms with Crippen molar-refractivity contribution in [2.45, 2.75) is 0 Å². The first-order chi connectivity index (χ1) is 21.3. The van der Waals surface area contributed by atoms with Crippen molar-refractivity contribution in [3.05, 3.63) is 158 Å². The predicted octanol–water partition coefficient (Wildman–Crippen LogP) is 12.5. The molecule has 8 aromatic carbocycles. The molecule has 9 rings (SSSR count). The molecule has 0 amide bonds. The van der Waals surface area contributed by atoms with Gasteiger partial charge in [0, 0.05) is 20.2 Å². The number of hydrogen-bond acceptors (Lipinski definition) is 1. The Morgan fingerprint density at radius 1 is 0.302 bits per heavy atom. The highest BCUT2D eigenvalue weighted by Crippen LogP contribution is 2.46. The Morgan fingerprint density at radius 3 is 1.53 bits per heavy atom. The minimum atomic E-state index is 1.25. The summed E-state index contributed by atoms with van der Waals surface area (Å²) < 4.78 is 2.67. The second-order valence-corrected chi connectivity index (χ2v) is 12.3. The summed E-state index contributed by atoms with van der Waals surface area (Å²) in [5.74, 6) is 0. The zero-order chi connectivity index (χ0) is 28.3.